The molecule has 0 aromatic heterocycles. The number of likely N-dealkylation sites (tertiary alicyclic amines) is 1. The van der Waals surface area contributed by atoms with Crippen LogP contribution in [0.1, 0.15) is 24.0 Å². The molecule has 1 saturated heterocycles. The summed E-state index contributed by atoms with van der Waals surface area (Å²) in [6, 6.07) is 19.3. The molecule has 0 atom stereocenters. The van der Waals surface area contributed by atoms with E-state index in [0.717, 1.165) is 11.1 Å². The first-order chi connectivity index (χ1) is 15.0. The first kappa shape index (κ1) is 22.3. The zero-order valence-corrected chi connectivity index (χ0v) is 17.8. The largest absolute Gasteiger partial charge is 0.455 e. The molecule has 162 valence electrons. The van der Waals surface area contributed by atoms with Gasteiger partial charge in [-0.05, 0) is 30.0 Å². The van der Waals surface area contributed by atoms with E-state index >= 15 is 0 Å². The van der Waals surface area contributed by atoms with Gasteiger partial charge in [0.25, 0.3) is 5.91 Å². The molecule has 1 fully saturated rings. The van der Waals surface area contributed by atoms with E-state index in [1.54, 1.807) is 29.0 Å². The monoisotopic (exact) mass is 420 g/mol. The van der Waals surface area contributed by atoms with Gasteiger partial charge < -0.3 is 14.5 Å². The summed E-state index contributed by atoms with van der Waals surface area (Å²) in [5.41, 5.74) is 1.99. The zero-order valence-electron chi connectivity index (χ0n) is 17.8. The molecule has 2 aromatic carbocycles. The molecule has 0 radical (unpaired) electrons. The summed E-state index contributed by atoms with van der Waals surface area (Å²) >= 11 is 0. The van der Waals surface area contributed by atoms with Gasteiger partial charge in [0.05, 0.1) is 5.92 Å². The van der Waals surface area contributed by atoms with E-state index in [4.69, 9.17) is 4.74 Å². The highest BCUT2D eigenvalue weighted by Gasteiger charge is 2.28. The lowest BCUT2D eigenvalue weighted by molar-refractivity contribution is -0.157. The molecular weight excluding hydrogens is 392 g/mol. The third-order valence-corrected chi connectivity index (χ3v) is 5.38. The van der Waals surface area contributed by atoms with Gasteiger partial charge in [0, 0.05) is 32.8 Å². The predicted octanol–water partition coefficient (Wildman–Crippen LogP) is 3.14. The number of hydrogen-bond acceptors (Lipinski definition) is 4. The van der Waals surface area contributed by atoms with Crippen LogP contribution in [0.15, 0.2) is 66.7 Å². The van der Waals surface area contributed by atoms with E-state index in [0.29, 0.717) is 32.5 Å². The normalized spacial score (nSPS) is 14.4. The number of likely N-dealkylation sites (N-methyl/N-ethyl adjacent to an activating group) is 1. The molecule has 0 aliphatic carbocycles. The predicted molar refractivity (Wildman–Crippen MR) is 119 cm³/mol. The van der Waals surface area contributed by atoms with Gasteiger partial charge in [-0.25, -0.2) is 0 Å². The van der Waals surface area contributed by atoms with Crippen LogP contribution in [-0.4, -0.2) is 54.3 Å². The zero-order chi connectivity index (χ0) is 22.1. The molecule has 2 amide bonds. The van der Waals surface area contributed by atoms with Gasteiger partial charge in [-0.15, -0.1) is 0 Å². The summed E-state index contributed by atoms with van der Waals surface area (Å²) in [6.07, 6.45) is 4.44. The maximum absolute atomic E-state index is 12.4. The van der Waals surface area contributed by atoms with Crippen molar-refractivity contribution in [2.75, 3.05) is 26.7 Å². The number of rotatable bonds is 7. The Labute approximate surface area is 183 Å². The molecule has 31 heavy (non-hydrogen) atoms. The molecule has 1 aliphatic rings. The topological polar surface area (TPSA) is 66.9 Å². The van der Waals surface area contributed by atoms with Crippen LogP contribution in [-0.2, 0) is 25.7 Å². The Morgan fingerprint density at radius 2 is 1.61 bits per heavy atom. The number of carbonyl (C=O) groups excluding carboxylic acids is 3. The lowest BCUT2D eigenvalue weighted by atomic mass is 9.97. The highest BCUT2D eigenvalue weighted by atomic mass is 16.5. The maximum atomic E-state index is 12.4. The highest BCUT2D eigenvalue weighted by molar-refractivity contribution is 5.92. The van der Waals surface area contributed by atoms with E-state index < -0.39 is 0 Å². The van der Waals surface area contributed by atoms with Gasteiger partial charge in [-0.1, -0.05) is 60.7 Å². The number of ether oxygens (including phenoxy) is 1. The molecular formula is C25H28N2O4. The van der Waals surface area contributed by atoms with Crippen molar-refractivity contribution in [3.05, 3.63) is 77.9 Å². The Kier molecular flexibility index (Phi) is 7.98. The number of esters is 1. The van der Waals surface area contributed by atoms with Crippen LogP contribution in [0.5, 0.6) is 0 Å². The molecule has 1 heterocycles. The van der Waals surface area contributed by atoms with Crippen LogP contribution in [0.4, 0.5) is 0 Å². The van der Waals surface area contributed by atoms with Crippen LogP contribution in [0.2, 0.25) is 0 Å². The van der Waals surface area contributed by atoms with E-state index in [-0.39, 0.29) is 30.3 Å². The summed E-state index contributed by atoms with van der Waals surface area (Å²) in [5.74, 6) is -0.952. The maximum Gasteiger partial charge on any atom is 0.309 e. The minimum atomic E-state index is -0.367. The molecule has 0 bridgehead atoms. The van der Waals surface area contributed by atoms with Gasteiger partial charge in [0.1, 0.15) is 0 Å². The molecule has 0 spiro atoms. The van der Waals surface area contributed by atoms with E-state index in [1.807, 2.05) is 60.7 Å². The van der Waals surface area contributed by atoms with Crippen LogP contribution < -0.4 is 0 Å². The Morgan fingerprint density at radius 3 is 2.26 bits per heavy atom. The highest BCUT2D eigenvalue weighted by Crippen LogP contribution is 2.19. The molecule has 0 N–H and O–H groups in total. The van der Waals surface area contributed by atoms with Crippen LogP contribution in [0.3, 0.4) is 0 Å². The number of hydrogen-bond donors (Lipinski definition) is 0. The standard InChI is InChI=1S/C25H28N2O4/c1-26(18-21-10-6-3-7-11-21)24(29)19-31-25(30)22-14-16-27(17-15-22)23(28)13-12-20-8-4-2-5-9-20/h2-13,22H,14-19H2,1H3/b13-12+. The number of piperidine rings is 1. The Hall–Kier alpha value is -3.41. The molecule has 6 nitrogen and oxygen atoms in total. The summed E-state index contributed by atoms with van der Waals surface area (Å²) in [4.78, 5) is 40.3. The molecule has 2 aromatic rings. The quantitative estimate of drug-likeness (QED) is 0.510. The Morgan fingerprint density at radius 1 is 1.00 bits per heavy atom. The smallest absolute Gasteiger partial charge is 0.309 e. The summed E-state index contributed by atoms with van der Waals surface area (Å²) in [7, 11) is 1.69. The van der Waals surface area contributed by atoms with Gasteiger partial charge in [-0.2, -0.15) is 0 Å². The fourth-order valence-corrected chi connectivity index (χ4v) is 3.48. The lowest BCUT2D eigenvalue weighted by Gasteiger charge is -2.30. The van der Waals surface area contributed by atoms with Crippen molar-refractivity contribution in [2.24, 2.45) is 5.92 Å². The molecule has 0 unspecified atom stereocenters. The van der Waals surface area contributed by atoms with E-state index in [2.05, 4.69) is 0 Å². The lowest BCUT2D eigenvalue weighted by Crippen LogP contribution is -2.40. The first-order valence-corrected chi connectivity index (χ1v) is 10.5. The number of carbonyl (C=O) groups is 3. The summed E-state index contributed by atoms with van der Waals surface area (Å²) in [6.45, 7) is 1.20. The van der Waals surface area contributed by atoms with E-state index in [1.165, 1.54) is 0 Å². The third-order valence-electron chi connectivity index (χ3n) is 5.38. The van der Waals surface area contributed by atoms with Gasteiger partial charge >= 0.3 is 5.97 Å². The second-order valence-electron chi connectivity index (χ2n) is 7.69. The number of benzene rings is 2. The van der Waals surface area contributed by atoms with Crippen LogP contribution in [0, 0.1) is 5.92 Å². The molecule has 6 heteroatoms. The minimum Gasteiger partial charge on any atom is -0.455 e. The van der Waals surface area contributed by atoms with Crippen molar-refractivity contribution in [1.82, 2.24) is 9.80 Å². The van der Waals surface area contributed by atoms with E-state index in [9.17, 15) is 14.4 Å². The fraction of sp³-hybridized carbons (Fsp3) is 0.320. The average Bonchev–Trinajstić information content (AvgIpc) is 2.82. The van der Waals surface area contributed by atoms with Crippen LogP contribution >= 0.6 is 0 Å². The van der Waals surface area contributed by atoms with Crippen LogP contribution in [0.25, 0.3) is 6.08 Å². The van der Waals surface area contributed by atoms with Gasteiger partial charge in [-0.3, -0.25) is 14.4 Å². The minimum absolute atomic E-state index is 0.0617. The second kappa shape index (κ2) is 11.1. The van der Waals surface area contributed by atoms with Crippen molar-refractivity contribution < 1.29 is 19.1 Å². The molecule has 1 aliphatic heterocycles. The van der Waals surface area contributed by atoms with Crippen molar-refractivity contribution in [2.45, 2.75) is 19.4 Å². The molecule has 3 rings (SSSR count). The Balaban J connectivity index is 1.39. The summed E-state index contributed by atoms with van der Waals surface area (Å²) in [5, 5.41) is 0. The number of amides is 2. The summed E-state index contributed by atoms with van der Waals surface area (Å²) < 4.78 is 5.26. The second-order valence-corrected chi connectivity index (χ2v) is 7.69. The fourth-order valence-electron chi connectivity index (χ4n) is 3.48. The third kappa shape index (κ3) is 6.81. The van der Waals surface area contributed by atoms with Gasteiger partial charge in [0.15, 0.2) is 6.61 Å². The SMILES string of the molecule is CN(Cc1ccccc1)C(=O)COC(=O)C1CCN(C(=O)/C=C/c2ccccc2)CC1. The molecule has 0 saturated carbocycles. The van der Waals surface area contributed by atoms with Crippen molar-refractivity contribution in [3.8, 4) is 0 Å². The first-order valence-electron chi connectivity index (χ1n) is 10.5. The Bertz CT molecular complexity index is 904. The number of nitrogens with zero attached hydrogens (tertiary/aromatic N) is 2. The average molecular weight is 421 g/mol. The van der Waals surface area contributed by atoms with Crippen molar-refractivity contribution >= 4 is 23.9 Å². The van der Waals surface area contributed by atoms with Crippen molar-refractivity contribution in [3.63, 3.8) is 0 Å². The van der Waals surface area contributed by atoms with Gasteiger partial charge in [0.2, 0.25) is 5.91 Å². The van der Waals surface area contributed by atoms with Crippen molar-refractivity contribution in [1.29, 1.82) is 0 Å².